The molecule has 2 aromatic carbocycles. The van der Waals surface area contributed by atoms with Crippen LogP contribution < -0.4 is 10.0 Å². The van der Waals surface area contributed by atoms with E-state index in [0.29, 0.717) is 28.5 Å². The van der Waals surface area contributed by atoms with Gasteiger partial charge in [0, 0.05) is 30.2 Å². The van der Waals surface area contributed by atoms with Gasteiger partial charge in [0.15, 0.2) is 5.69 Å². The third kappa shape index (κ3) is 7.02. The molecule has 1 heterocycles. The summed E-state index contributed by atoms with van der Waals surface area (Å²) in [5.41, 5.74) is 0.601. The number of nitrogens with one attached hydrogen (secondary N) is 2. The number of sulfonamides is 1. The largest absolute Gasteiger partial charge is 0.435 e. The summed E-state index contributed by atoms with van der Waals surface area (Å²) in [5.74, 6) is -0.712. The third-order valence-electron chi connectivity index (χ3n) is 5.07. The first-order valence-corrected chi connectivity index (χ1v) is 12.5. The molecule has 12 heteroatoms. The van der Waals surface area contributed by atoms with Crippen LogP contribution in [0.3, 0.4) is 0 Å². The van der Waals surface area contributed by atoms with Gasteiger partial charge >= 0.3 is 6.18 Å². The van der Waals surface area contributed by atoms with Crippen LogP contribution in [0.2, 0.25) is 5.02 Å². The molecule has 34 heavy (non-hydrogen) atoms. The Morgan fingerprint density at radius 1 is 1.09 bits per heavy atom. The Morgan fingerprint density at radius 2 is 1.76 bits per heavy atom. The molecule has 0 bridgehead atoms. The van der Waals surface area contributed by atoms with Gasteiger partial charge in [-0.2, -0.15) is 18.3 Å². The molecule has 0 spiro atoms. The normalized spacial score (nSPS) is 13.3. The minimum Gasteiger partial charge on any atom is -0.311 e. The Kier molecular flexibility index (Phi) is 8.02. The van der Waals surface area contributed by atoms with Gasteiger partial charge in [0.05, 0.1) is 17.6 Å². The number of benzene rings is 2. The van der Waals surface area contributed by atoms with Crippen molar-refractivity contribution in [1.29, 1.82) is 0 Å². The van der Waals surface area contributed by atoms with Crippen LogP contribution in [0.5, 0.6) is 0 Å². The van der Waals surface area contributed by atoms with Crippen molar-refractivity contribution in [2.75, 3.05) is 12.8 Å². The summed E-state index contributed by atoms with van der Waals surface area (Å²) in [5, 5.41) is 7.25. The second-order valence-electron chi connectivity index (χ2n) is 7.88. The fraction of sp³-hybridized carbons (Fsp3) is 0.318. The van der Waals surface area contributed by atoms with Gasteiger partial charge in [0.25, 0.3) is 0 Å². The molecule has 0 radical (unpaired) electrons. The van der Waals surface area contributed by atoms with E-state index in [-0.39, 0.29) is 24.6 Å². The lowest BCUT2D eigenvalue weighted by molar-refractivity contribution is -0.141. The summed E-state index contributed by atoms with van der Waals surface area (Å²) in [7, 11) is -3.45. The fourth-order valence-corrected chi connectivity index (χ4v) is 3.79. The molecule has 1 atom stereocenters. The summed E-state index contributed by atoms with van der Waals surface area (Å²) in [6, 6.07) is 11.8. The first-order chi connectivity index (χ1) is 15.8. The van der Waals surface area contributed by atoms with E-state index in [2.05, 4.69) is 15.1 Å². The Morgan fingerprint density at radius 3 is 2.35 bits per heavy atom. The lowest BCUT2D eigenvalue weighted by Crippen LogP contribution is -2.22. The van der Waals surface area contributed by atoms with Gasteiger partial charge in [-0.05, 0) is 47.9 Å². The highest BCUT2D eigenvalue weighted by Crippen LogP contribution is 2.30. The minimum absolute atomic E-state index is 0.0922. The maximum atomic E-state index is 14.4. The lowest BCUT2D eigenvalue weighted by atomic mass is 9.99. The predicted octanol–water partition coefficient (Wildman–Crippen LogP) is 4.63. The molecule has 0 saturated heterocycles. The minimum atomic E-state index is -4.59. The molecular formula is C22H23ClF4N4O2S. The zero-order chi connectivity index (χ0) is 25.1. The van der Waals surface area contributed by atoms with E-state index in [9.17, 15) is 26.0 Å². The molecule has 0 saturated carbocycles. The van der Waals surface area contributed by atoms with Crippen molar-refractivity contribution in [2.24, 2.45) is 0 Å². The van der Waals surface area contributed by atoms with Gasteiger partial charge in [-0.25, -0.2) is 22.2 Å². The second kappa shape index (κ2) is 10.4. The van der Waals surface area contributed by atoms with Crippen molar-refractivity contribution in [3.05, 3.63) is 81.9 Å². The topological polar surface area (TPSA) is 76.0 Å². The molecule has 184 valence electrons. The van der Waals surface area contributed by atoms with E-state index in [1.807, 2.05) is 6.92 Å². The molecular weight excluding hydrogens is 496 g/mol. The van der Waals surface area contributed by atoms with Crippen LogP contribution in [-0.2, 0) is 29.3 Å². The monoisotopic (exact) mass is 518 g/mol. The molecule has 2 N–H and O–H groups in total. The van der Waals surface area contributed by atoms with Crippen LogP contribution in [0.4, 0.5) is 17.6 Å². The summed E-state index contributed by atoms with van der Waals surface area (Å²) < 4.78 is 79.9. The number of nitrogens with zero attached hydrogens (tertiary/aromatic N) is 2. The molecule has 0 aliphatic heterocycles. The number of aromatic nitrogens is 2. The Labute approximate surface area is 200 Å². The fourth-order valence-electron chi connectivity index (χ4n) is 3.25. The molecule has 0 aliphatic carbocycles. The Balaban J connectivity index is 1.69. The second-order valence-corrected chi connectivity index (χ2v) is 10.2. The van der Waals surface area contributed by atoms with E-state index < -0.39 is 27.7 Å². The number of rotatable bonds is 9. The van der Waals surface area contributed by atoms with E-state index >= 15 is 0 Å². The highest BCUT2D eigenvalue weighted by Gasteiger charge is 2.35. The molecule has 3 rings (SSSR count). The van der Waals surface area contributed by atoms with E-state index in [1.165, 1.54) is 16.8 Å². The van der Waals surface area contributed by atoms with Gasteiger partial charge in [-0.3, -0.25) is 0 Å². The predicted molar refractivity (Wildman–Crippen MR) is 122 cm³/mol. The molecule has 0 amide bonds. The van der Waals surface area contributed by atoms with E-state index in [4.69, 9.17) is 11.6 Å². The van der Waals surface area contributed by atoms with Crippen LogP contribution in [-0.4, -0.2) is 31.0 Å². The third-order valence-corrected chi connectivity index (χ3v) is 5.99. The highest BCUT2D eigenvalue weighted by atomic mass is 35.5. The van der Waals surface area contributed by atoms with Crippen molar-refractivity contribution < 1.29 is 26.0 Å². The van der Waals surface area contributed by atoms with Crippen molar-refractivity contribution in [3.63, 3.8) is 0 Å². The average Bonchev–Trinajstić information content (AvgIpc) is 3.17. The zero-order valence-electron chi connectivity index (χ0n) is 18.3. The van der Waals surface area contributed by atoms with Gasteiger partial charge in [0.2, 0.25) is 10.0 Å². The number of hydrogen-bond donors (Lipinski definition) is 2. The quantitative estimate of drug-likeness (QED) is 0.405. The molecule has 0 fully saturated rings. The standard InChI is InChI=1S/C22H23ClF4N4O2S/c1-14(15-3-4-16(20(24)9-15)12-29-34(2,32)33)11-28-13-19-10-21(22(25,26)27)30-31(19)18-7-5-17(23)6-8-18/h3-10,14,28-29H,11-13H2,1-2H3. The van der Waals surface area contributed by atoms with Crippen LogP contribution in [0.1, 0.15) is 35.4 Å². The van der Waals surface area contributed by atoms with Gasteiger partial charge in [-0.1, -0.05) is 30.7 Å². The SMILES string of the molecule is CC(CNCc1cc(C(F)(F)F)nn1-c1ccc(Cl)cc1)c1ccc(CNS(C)(=O)=O)c(F)c1. The smallest absolute Gasteiger partial charge is 0.311 e. The molecule has 6 nitrogen and oxygen atoms in total. The van der Waals surface area contributed by atoms with Crippen LogP contribution >= 0.6 is 11.6 Å². The van der Waals surface area contributed by atoms with Crippen molar-refractivity contribution in [1.82, 2.24) is 19.8 Å². The van der Waals surface area contributed by atoms with Crippen molar-refractivity contribution >= 4 is 21.6 Å². The number of hydrogen-bond acceptors (Lipinski definition) is 4. The van der Waals surface area contributed by atoms with Crippen molar-refractivity contribution in [3.8, 4) is 5.69 Å². The summed E-state index contributed by atoms with van der Waals surface area (Å²) in [4.78, 5) is 0. The van der Waals surface area contributed by atoms with E-state index in [0.717, 1.165) is 12.3 Å². The number of halogens is 5. The maximum Gasteiger partial charge on any atom is 0.435 e. The lowest BCUT2D eigenvalue weighted by Gasteiger charge is -2.15. The molecule has 1 unspecified atom stereocenters. The van der Waals surface area contributed by atoms with Crippen LogP contribution in [0.15, 0.2) is 48.5 Å². The highest BCUT2D eigenvalue weighted by molar-refractivity contribution is 7.88. The Hall–Kier alpha value is -2.47. The molecule has 1 aromatic heterocycles. The van der Waals surface area contributed by atoms with E-state index in [1.54, 1.807) is 30.3 Å². The number of alkyl halides is 3. The summed E-state index contributed by atoms with van der Waals surface area (Å²) >= 11 is 5.87. The van der Waals surface area contributed by atoms with Gasteiger partial charge in [0.1, 0.15) is 5.82 Å². The Bertz CT molecular complexity index is 1240. The zero-order valence-corrected chi connectivity index (χ0v) is 19.9. The first kappa shape index (κ1) is 26.1. The van der Waals surface area contributed by atoms with Gasteiger partial charge in [-0.15, -0.1) is 0 Å². The van der Waals surface area contributed by atoms with Crippen LogP contribution in [0.25, 0.3) is 5.69 Å². The van der Waals surface area contributed by atoms with Crippen molar-refractivity contribution in [2.45, 2.75) is 32.1 Å². The maximum absolute atomic E-state index is 14.4. The molecule has 3 aromatic rings. The van der Waals surface area contributed by atoms with Gasteiger partial charge < -0.3 is 5.32 Å². The molecule has 0 aliphatic rings. The summed E-state index contributed by atoms with van der Waals surface area (Å²) in [6.45, 7) is 2.13. The first-order valence-electron chi connectivity index (χ1n) is 10.2. The van der Waals surface area contributed by atoms with Crippen LogP contribution in [0, 0.1) is 5.82 Å². The average molecular weight is 519 g/mol. The summed E-state index contributed by atoms with van der Waals surface area (Å²) in [6.07, 6.45) is -3.60.